The van der Waals surface area contributed by atoms with E-state index in [4.69, 9.17) is 0 Å². The first-order valence-electron chi connectivity index (χ1n) is 7.25. The molecule has 1 aromatic carbocycles. The molecule has 0 fully saturated rings. The summed E-state index contributed by atoms with van der Waals surface area (Å²) < 4.78 is 1.19. The number of hydrogen-bond donors (Lipinski definition) is 1. The van der Waals surface area contributed by atoms with Crippen molar-refractivity contribution in [2.75, 3.05) is 23.3 Å². The number of aromatic nitrogens is 1. The Morgan fingerprint density at radius 3 is 2.38 bits per heavy atom. The van der Waals surface area contributed by atoms with Crippen molar-refractivity contribution in [2.24, 2.45) is 0 Å². The van der Waals surface area contributed by atoms with E-state index in [0.717, 1.165) is 30.5 Å². The summed E-state index contributed by atoms with van der Waals surface area (Å²) in [4.78, 5) is 8.06. The van der Waals surface area contributed by atoms with Crippen LogP contribution in [0.15, 0.2) is 22.8 Å². The van der Waals surface area contributed by atoms with Gasteiger partial charge in [0.15, 0.2) is 5.13 Å². The molecule has 0 aliphatic heterocycles. The Labute approximate surface area is 139 Å². The minimum atomic E-state index is 0.819. The minimum absolute atomic E-state index is 0.819. The van der Waals surface area contributed by atoms with Crippen LogP contribution in [0, 0.1) is 13.8 Å². The van der Waals surface area contributed by atoms with Crippen LogP contribution >= 0.6 is 27.3 Å². The number of anilines is 2. The lowest BCUT2D eigenvalue weighted by molar-refractivity contribution is 0.860. The van der Waals surface area contributed by atoms with E-state index in [-0.39, 0.29) is 0 Å². The number of nitrogens with zero attached hydrogens (tertiary/aromatic N) is 2. The predicted octanol–water partition coefficient (Wildman–Crippen LogP) is 4.98. The van der Waals surface area contributed by atoms with Crippen LogP contribution in [-0.4, -0.2) is 18.1 Å². The van der Waals surface area contributed by atoms with Gasteiger partial charge in [-0.1, -0.05) is 15.9 Å². The first-order chi connectivity index (χ1) is 10.0. The topological polar surface area (TPSA) is 28.2 Å². The normalized spacial score (nSPS) is 10.7. The third-order valence-electron chi connectivity index (χ3n) is 3.48. The molecule has 0 aliphatic carbocycles. The highest BCUT2D eigenvalue weighted by atomic mass is 79.9. The van der Waals surface area contributed by atoms with Gasteiger partial charge in [0.2, 0.25) is 0 Å². The van der Waals surface area contributed by atoms with Crippen LogP contribution in [0.5, 0.6) is 0 Å². The maximum absolute atomic E-state index is 4.52. The van der Waals surface area contributed by atoms with Crippen molar-refractivity contribution >= 4 is 38.1 Å². The van der Waals surface area contributed by atoms with E-state index in [0.29, 0.717) is 0 Å². The van der Waals surface area contributed by atoms with Gasteiger partial charge in [0.05, 0.1) is 6.54 Å². The molecule has 1 aromatic heterocycles. The van der Waals surface area contributed by atoms with E-state index >= 15 is 0 Å². The molecule has 1 N–H and O–H groups in total. The lowest BCUT2D eigenvalue weighted by atomic mass is 10.1. The lowest BCUT2D eigenvalue weighted by Crippen LogP contribution is -2.21. The quantitative estimate of drug-likeness (QED) is 0.779. The second-order valence-electron chi connectivity index (χ2n) is 5.06. The van der Waals surface area contributed by atoms with Crippen LogP contribution in [0.1, 0.15) is 29.9 Å². The van der Waals surface area contributed by atoms with Crippen molar-refractivity contribution in [3.63, 3.8) is 0 Å². The van der Waals surface area contributed by atoms with Gasteiger partial charge in [0.1, 0.15) is 0 Å². The molecule has 0 atom stereocenters. The second-order valence-corrected chi connectivity index (χ2v) is 6.95. The number of aryl methyl sites for hydroxylation is 2. The molecule has 1 heterocycles. The fourth-order valence-electron chi connectivity index (χ4n) is 2.26. The van der Waals surface area contributed by atoms with Gasteiger partial charge in [-0.3, -0.25) is 0 Å². The Kier molecular flexibility index (Phi) is 5.65. The Bertz CT molecular complexity index is 582. The predicted molar refractivity (Wildman–Crippen MR) is 96.6 cm³/mol. The van der Waals surface area contributed by atoms with Crippen molar-refractivity contribution < 1.29 is 0 Å². The smallest absolute Gasteiger partial charge is 0.185 e. The molecule has 0 saturated carbocycles. The third-order valence-corrected chi connectivity index (χ3v) is 5.79. The molecule has 114 valence electrons. The minimum Gasteiger partial charge on any atom is -0.380 e. The van der Waals surface area contributed by atoms with E-state index in [2.05, 4.69) is 71.0 Å². The van der Waals surface area contributed by atoms with Gasteiger partial charge >= 0.3 is 0 Å². The Hall–Kier alpha value is -1.07. The molecule has 2 aromatic rings. The summed E-state index contributed by atoms with van der Waals surface area (Å²) in [6.07, 6.45) is 1.98. The molecule has 0 aliphatic rings. The third kappa shape index (κ3) is 3.98. The molecule has 0 spiro atoms. The summed E-state index contributed by atoms with van der Waals surface area (Å²) in [6.45, 7) is 11.4. The first kappa shape index (κ1) is 16.3. The number of hydrogen-bond acceptors (Lipinski definition) is 4. The SMILES string of the molecule is CCN(CC)c1ncc(CNc2cc(C)c(Br)c(C)c2)s1. The van der Waals surface area contributed by atoms with Gasteiger partial charge < -0.3 is 10.2 Å². The zero-order valence-electron chi connectivity index (χ0n) is 13.0. The molecule has 2 rings (SSSR count). The van der Waals surface area contributed by atoms with Crippen LogP contribution in [0.25, 0.3) is 0 Å². The van der Waals surface area contributed by atoms with Crippen LogP contribution in [0.4, 0.5) is 10.8 Å². The summed E-state index contributed by atoms with van der Waals surface area (Å²) in [5.74, 6) is 0. The van der Waals surface area contributed by atoms with Crippen LogP contribution in [-0.2, 0) is 6.54 Å². The van der Waals surface area contributed by atoms with Crippen molar-refractivity contribution in [1.29, 1.82) is 0 Å². The molecule has 0 amide bonds. The fraction of sp³-hybridized carbons (Fsp3) is 0.438. The molecule has 0 bridgehead atoms. The molecular formula is C16H22BrN3S. The van der Waals surface area contributed by atoms with E-state index in [1.54, 1.807) is 11.3 Å². The highest BCUT2D eigenvalue weighted by Crippen LogP contribution is 2.27. The number of nitrogens with one attached hydrogen (secondary N) is 1. The largest absolute Gasteiger partial charge is 0.380 e. The van der Waals surface area contributed by atoms with E-state index in [1.807, 2.05) is 6.20 Å². The van der Waals surface area contributed by atoms with Gasteiger partial charge in [-0.25, -0.2) is 4.98 Å². The number of thiazole rings is 1. The van der Waals surface area contributed by atoms with Gasteiger partial charge in [0, 0.05) is 34.3 Å². The summed E-state index contributed by atoms with van der Waals surface area (Å²) in [5, 5.41) is 4.60. The fourth-order valence-corrected chi connectivity index (χ4v) is 3.46. The highest BCUT2D eigenvalue weighted by molar-refractivity contribution is 9.10. The number of rotatable bonds is 6. The first-order valence-corrected chi connectivity index (χ1v) is 8.86. The summed E-state index contributed by atoms with van der Waals surface area (Å²) in [7, 11) is 0. The van der Waals surface area contributed by atoms with Gasteiger partial charge in [-0.2, -0.15) is 0 Å². The van der Waals surface area contributed by atoms with Crippen molar-refractivity contribution in [3.8, 4) is 0 Å². The lowest BCUT2D eigenvalue weighted by Gasteiger charge is -2.16. The molecular weight excluding hydrogens is 346 g/mol. The second kappa shape index (κ2) is 7.27. The maximum Gasteiger partial charge on any atom is 0.185 e. The molecule has 0 radical (unpaired) electrons. The monoisotopic (exact) mass is 367 g/mol. The number of benzene rings is 1. The van der Waals surface area contributed by atoms with Crippen LogP contribution in [0.2, 0.25) is 0 Å². The summed E-state index contributed by atoms with van der Waals surface area (Å²) >= 11 is 5.37. The van der Waals surface area contributed by atoms with Crippen molar-refractivity contribution in [2.45, 2.75) is 34.2 Å². The zero-order chi connectivity index (χ0) is 15.4. The van der Waals surface area contributed by atoms with E-state index < -0.39 is 0 Å². The molecule has 0 unspecified atom stereocenters. The Morgan fingerprint density at radius 2 is 1.81 bits per heavy atom. The highest BCUT2D eigenvalue weighted by Gasteiger charge is 2.08. The van der Waals surface area contributed by atoms with Crippen LogP contribution in [0.3, 0.4) is 0 Å². The van der Waals surface area contributed by atoms with E-state index in [1.165, 1.54) is 20.5 Å². The van der Waals surface area contributed by atoms with Crippen molar-refractivity contribution in [3.05, 3.63) is 38.8 Å². The van der Waals surface area contributed by atoms with Gasteiger partial charge in [0.25, 0.3) is 0 Å². The zero-order valence-corrected chi connectivity index (χ0v) is 15.4. The molecule has 21 heavy (non-hydrogen) atoms. The number of halogens is 1. The maximum atomic E-state index is 4.52. The van der Waals surface area contributed by atoms with Crippen molar-refractivity contribution in [1.82, 2.24) is 4.98 Å². The molecule has 3 nitrogen and oxygen atoms in total. The summed E-state index contributed by atoms with van der Waals surface area (Å²) in [6, 6.07) is 4.34. The average molecular weight is 368 g/mol. The van der Waals surface area contributed by atoms with Gasteiger partial charge in [-0.05, 0) is 51.0 Å². The Balaban J connectivity index is 2.03. The molecule has 0 saturated heterocycles. The van der Waals surface area contributed by atoms with E-state index in [9.17, 15) is 0 Å². The Morgan fingerprint density at radius 1 is 1.19 bits per heavy atom. The average Bonchev–Trinajstić information content (AvgIpc) is 2.92. The van der Waals surface area contributed by atoms with Gasteiger partial charge in [-0.15, -0.1) is 11.3 Å². The summed E-state index contributed by atoms with van der Waals surface area (Å²) in [5.41, 5.74) is 3.67. The standard InChI is InChI=1S/C16H22BrN3S/c1-5-20(6-2)16-19-10-14(21-16)9-18-13-7-11(3)15(17)12(4)8-13/h7-8,10,18H,5-6,9H2,1-4H3. The molecule has 5 heteroatoms. The van der Waals surface area contributed by atoms with Crippen LogP contribution < -0.4 is 10.2 Å².